The minimum absolute atomic E-state index is 0.0133. The Morgan fingerprint density at radius 1 is 0.753 bits per heavy atom. The van der Waals surface area contributed by atoms with Crippen LogP contribution in [0.5, 0.6) is 11.5 Å². The van der Waals surface area contributed by atoms with Crippen LogP contribution in [0.1, 0.15) is 136 Å². The lowest BCUT2D eigenvalue weighted by atomic mass is 9.81. The molecule has 1 saturated heterocycles. The van der Waals surface area contributed by atoms with E-state index in [0.29, 0.717) is 25.1 Å². The number of nitrogens with one attached hydrogen (secondary N) is 1. The largest absolute Gasteiger partial charge is 0.554 e. The van der Waals surface area contributed by atoms with E-state index in [1.54, 1.807) is 11.0 Å². The van der Waals surface area contributed by atoms with Crippen molar-refractivity contribution in [3.63, 3.8) is 0 Å². The monoisotopic (exact) mass is 991 g/mol. The zero-order valence-corrected chi connectivity index (χ0v) is 44.3. The molecule has 388 valence electrons. The fourth-order valence-electron chi connectivity index (χ4n) is 11.2. The third-order valence-corrected chi connectivity index (χ3v) is 15.4. The first-order valence-electron chi connectivity index (χ1n) is 26.4. The van der Waals surface area contributed by atoms with Gasteiger partial charge < -0.3 is 40.1 Å². The van der Waals surface area contributed by atoms with Gasteiger partial charge in [0.2, 0.25) is 11.6 Å². The van der Waals surface area contributed by atoms with Gasteiger partial charge in [0, 0.05) is 112 Å². The molecule has 4 heterocycles. The van der Waals surface area contributed by atoms with Gasteiger partial charge in [-0.3, -0.25) is 14.5 Å². The Balaban J connectivity index is 0.00000254. The van der Waals surface area contributed by atoms with Gasteiger partial charge in [0.1, 0.15) is 18.5 Å². The highest BCUT2D eigenvalue weighted by Gasteiger charge is 2.43. The first-order valence-corrected chi connectivity index (χ1v) is 26.4. The minimum Gasteiger partial charge on any atom is -0.554 e. The fraction of sp³-hybridized carbons (Fsp3) is 0.443. The van der Waals surface area contributed by atoms with E-state index in [1.165, 1.54) is 45.5 Å². The second-order valence-corrected chi connectivity index (χ2v) is 21.5. The van der Waals surface area contributed by atoms with Crippen molar-refractivity contribution < 1.29 is 34.3 Å². The number of carbonyl (C=O) groups excluding carboxylic acids is 3. The third-order valence-electron chi connectivity index (χ3n) is 15.4. The maximum absolute atomic E-state index is 13.5. The highest BCUT2D eigenvalue weighted by Crippen LogP contribution is 2.48. The maximum Gasteiger partial charge on any atom is 0.258 e. The molecule has 2 amide bonds. The van der Waals surface area contributed by atoms with Crippen molar-refractivity contribution in [2.45, 2.75) is 123 Å². The number of amides is 2. The number of hydrogen-bond donors (Lipinski definition) is 3. The number of unbranched alkanes of at least 4 members (excludes halogenated alkanes) is 4. The number of anilines is 1. The number of carbonyl (C=O) groups is 3. The normalized spacial score (nSPS) is 17.6. The summed E-state index contributed by atoms with van der Waals surface area (Å²) in [7, 11) is 2.16. The molecule has 4 aliphatic rings. The number of phenolic OH excluding ortho intramolecular Hbond substituents is 2. The summed E-state index contributed by atoms with van der Waals surface area (Å²) in [5.41, 5.74) is 12.2. The van der Waals surface area contributed by atoms with Gasteiger partial charge in [-0.15, -0.1) is 0 Å². The molecule has 0 atom stereocenters. The molecule has 0 radical (unpaired) electrons. The summed E-state index contributed by atoms with van der Waals surface area (Å²) >= 11 is 0. The van der Waals surface area contributed by atoms with Crippen molar-refractivity contribution in [1.29, 1.82) is 0 Å². The first-order chi connectivity index (χ1) is 35.0. The molecule has 0 bridgehead atoms. The molecule has 0 aromatic heterocycles. The van der Waals surface area contributed by atoms with Crippen LogP contribution in [0.25, 0.3) is 0 Å². The number of hydrogen-bond acceptors (Lipinski definition) is 9. The number of aromatic hydroxyl groups is 2. The molecule has 12 nitrogen and oxygen atoms in total. The van der Waals surface area contributed by atoms with Gasteiger partial charge in [0.15, 0.2) is 5.71 Å². The predicted octanol–water partition coefficient (Wildman–Crippen LogP) is 9.21. The summed E-state index contributed by atoms with van der Waals surface area (Å²) in [6.07, 6.45) is 17.8. The Labute approximate surface area is 434 Å². The molecule has 12 heteroatoms. The zero-order chi connectivity index (χ0) is 52.3. The molecule has 0 saturated carbocycles. The summed E-state index contributed by atoms with van der Waals surface area (Å²) in [6, 6.07) is 27.0. The Morgan fingerprint density at radius 2 is 1.42 bits per heavy atom. The van der Waals surface area contributed by atoms with Gasteiger partial charge in [-0.05, 0) is 98.0 Å². The van der Waals surface area contributed by atoms with Crippen LogP contribution in [-0.2, 0) is 40.1 Å². The van der Waals surface area contributed by atoms with Crippen LogP contribution in [0.4, 0.5) is 11.4 Å². The summed E-state index contributed by atoms with van der Waals surface area (Å²) in [5.74, 6) is -0.193. The fourth-order valence-corrected chi connectivity index (χ4v) is 11.2. The van der Waals surface area contributed by atoms with E-state index in [0.717, 1.165) is 102 Å². The summed E-state index contributed by atoms with van der Waals surface area (Å²) in [5, 5.41) is 32.2. The first kappa shape index (κ1) is 54.3. The molecule has 1 fully saturated rings. The summed E-state index contributed by atoms with van der Waals surface area (Å²) in [4.78, 5) is 43.8. The molecule has 4 aromatic carbocycles. The standard InChI is InChI=1S/C60H76N6O4.CH2O2/c1-43(2)47-38-48(54(68)39-53(47)67)58(70)65-41-45-29-28-44(37-46(45)42-65)40-64-35-33-63(34-36-64)31-19-10-18-30-61-57(69)27-13-9-20-32-66-52-24-17-15-22-50(52)60(5,6)56(66)26-12-8-11-25-55-59(3,4)49-21-14-16-23-51(49)62(55)7;2-1-3/h8,11-12,14-17,21-26,28-29,37-39,43H,9-10,13,18-20,27,30-36,40-42H2,1-7H3,(H2-,61,67,68,69,70);1H,(H,2,3). The molecule has 0 aliphatic carbocycles. The molecular weight excluding hydrogens is 913 g/mol. The summed E-state index contributed by atoms with van der Waals surface area (Å²) in [6.45, 7) is 21.5. The smallest absolute Gasteiger partial charge is 0.258 e. The number of piperazine rings is 1. The molecular formula is C61H78N6O6. The molecule has 0 unspecified atom stereocenters. The molecule has 73 heavy (non-hydrogen) atoms. The van der Waals surface area contributed by atoms with Gasteiger partial charge in [-0.25, -0.2) is 0 Å². The predicted molar refractivity (Wildman–Crippen MR) is 290 cm³/mol. The molecule has 3 N–H and O–H groups in total. The second-order valence-electron chi connectivity index (χ2n) is 21.5. The van der Waals surface area contributed by atoms with E-state index >= 15 is 0 Å². The molecule has 0 spiro atoms. The quantitative estimate of drug-likeness (QED) is 0.0363. The van der Waals surface area contributed by atoms with Gasteiger partial charge in [-0.2, -0.15) is 4.58 Å². The maximum atomic E-state index is 13.5. The average Bonchev–Trinajstić information content (AvgIpc) is 3.95. The van der Waals surface area contributed by atoms with Crippen molar-refractivity contribution >= 4 is 35.4 Å². The minimum atomic E-state index is -0.500. The number of carboxylic acid groups (broad SMARTS) is 1. The Bertz CT molecular complexity index is 2730. The van der Waals surface area contributed by atoms with E-state index < -0.39 is 6.47 Å². The van der Waals surface area contributed by atoms with Crippen LogP contribution >= 0.6 is 0 Å². The van der Waals surface area contributed by atoms with Crippen molar-refractivity contribution in [2.24, 2.45) is 0 Å². The zero-order valence-electron chi connectivity index (χ0n) is 44.3. The van der Waals surface area contributed by atoms with E-state index in [-0.39, 0.29) is 45.6 Å². The van der Waals surface area contributed by atoms with Gasteiger partial charge in [0.05, 0.1) is 11.0 Å². The molecule has 4 aliphatic heterocycles. The summed E-state index contributed by atoms with van der Waals surface area (Å²) < 4.78 is 2.31. The van der Waals surface area contributed by atoms with E-state index in [9.17, 15) is 19.8 Å². The highest BCUT2D eigenvalue weighted by molar-refractivity contribution is 6.03. The number of rotatable bonds is 19. The van der Waals surface area contributed by atoms with Crippen molar-refractivity contribution in [3.8, 4) is 11.5 Å². The number of para-hydroxylation sites is 2. The van der Waals surface area contributed by atoms with Crippen LogP contribution in [0, 0.1) is 0 Å². The van der Waals surface area contributed by atoms with Crippen LogP contribution in [-0.4, -0.2) is 106 Å². The lowest BCUT2D eigenvalue weighted by Gasteiger charge is -2.34. The van der Waals surface area contributed by atoms with Crippen LogP contribution < -0.4 is 15.3 Å². The van der Waals surface area contributed by atoms with E-state index in [2.05, 4.69) is 156 Å². The van der Waals surface area contributed by atoms with Crippen molar-refractivity contribution in [2.75, 3.05) is 57.8 Å². The molecule has 8 rings (SSSR count). The topological polar surface area (TPSA) is 143 Å². The number of allylic oxidation sites excluding steroid dienone is 6. The lowest BCUT2D eigenvalue weighted by molar-refractivity contribution is -0.401. The van der Waals surface area contributed by atoms with Gasteiger partial charge in [0.25, 0.3) is 5.91 Å². The lowest BCUT2D eigenvalue weighted by Crippen LogP contribution is -2.46. The average molecular weight is 991 g/mol. The second kappa shape index (κ2) is 24.5. The Morgan fingerprint density at radius 3 is 2.16 bits per heavy atom. The highest BCUT2D eigenvalue weighted by atomic mass is 16.3. The number of phenols is 2. The number of nitrogens with zero attached hydrogens (tertiary/aromatic N) is 5. The van der Waals surface area contributed by atoms with E-state index in [4.69, 9.17) is 9.90 Å². The van der Waals surface area contributed by atoms with Crippen LogP contribution in [0.15, 0.2) is 115 Å². The van der Waals surface area contributed by atoms with Gasteiger partial charge in [-0.1, -0.05) is 113 Å². The number of fused-ring (bicyclic) bond motifs is 3. The Hall–Kier alpha value is -6.50. The van der Waals surface area contributed by atoms with Crippen LogP contribution in [0.2, 0.25) is 0 Å². The van der Waals surface area contributed by atoms with Crippen molar-refractivity contribution in [1.82, 2.24) is 20.0 Å². The Kier molecular flexibility index (Phi) is 18.2. The third kappa shape index (κ3) is 12.8. The molecule has 4 aromatic rings. The van der Waals surface area contributed by atoms with Crippen LogP contribution in [0.3, 0.4) is 0 Å². The SMILES string of the molecule is CC(C)c1cc(C(=O)N2Cc3ccc(CN4CCN(CCCCCNC(=O)CCCCCN5/C(=C/C=C/C=C/C6=[N+](C)c7ccccc7C6(C)C)C(C)(C)c6ccccc65)CC4)cc3C2)c(O)cc1O.O=C[O-]. The van der Waals surface area contributed by atoms with Gasteiger partial charge >= 0.3 is 0 Å². The van der Waals surface area contributed by atoms with Crippen molar-refractivity contribution in [3.05, 3.63) is 154 Å². The number of benzene rings is 4. The van der Waals surface area contributed by atoms with E-state index in [1.807, 2.05) is 13.8 Å².